The Kier molecular flexibility index (Phi) is 4.15. The Morgan fingerprint density at radius 3 is 2.94 bits per heavy atom. The second-order valence-corrected chi connectivity index (χ2v) is 4.35. The predicted octanol–water partition coefficient (Wildman–Crippen LogP) is 3.01. The molecule has 0 aliphatic heterocycles. The lowest BCUT2D eigenvalue weighted by Crippen LogP contribution is -2.00. The molecule has 92 valence electrons. The molecule has 1 aliphatic rings. The van der Waals surface area contributed by atoms with Crippen molar-refractivity contribution in [2.75, 3.05) is 13.2 Å². The van der Waals surface area contributed by atoms with Gasteiger partial charge >= 0.3 is 0 Å². The van der Waals surface area contributed by atoms with Crippen LogP contribution >= 0.6 is 0 Å². The van der Waals surface area contributed by atoms with E-state index >= 15 is 0 Å². The molecule has 1 N–H and O–H groups in total. The topological polar surface area (TPSA) is 29.5 Å². The molecule has 0 spiro atoms. The van der Waals surface area contributed by atoms with Crippen LogP contribution in [-0.2, 0) is 0 Å². The van der Waals surface area contributed by atoms with Gasteiger partial charge in [0.2, 0.25) is 0 Å². The lowest BCUT2D eigenvalue weighted by molar-refractivity contribution is 0.298. The quantitative estimate of drug-likeness (QED) is 0.822. The third-order valence-electron chi connectivity index (χ3n) is 2.74. The zero-order valence-corrected chi connectivity index (χ0v) is 9.73. The van der Waals surface area contributed by atoms with Gasteiger partial charge in [-0.3, -0.25) is 0 Å². The molecule has 1 saturated carbocycles. The average molecular weight is 236 g/mol. The Balaban J connectivity index is 2.05. The Morgan fingerprint density at radius 1 is 1.41 bits per heavy atom. The van der Waals surface area contributed by atoms with E-state index in [4.69, 9.17) is 9.84 Å². The minimum Gasteiger partial charge on any atom is -0.493 e. The van der Waals surface area contributed by atoms with Crippen LogP contribution in [0.1, 0.15) is 24.8 Å². The molecule has 2 rings (SSSR count). The van der Waals surface area contributed by atoms with Crippen LogP contribution in [0, 0.1) is 11.7 Å². The number of hydrogen-bond acceptors (Lipinski definition) is 2. The number of rotatable bonds is 6. The number of hydrogen-bond donors (Lipinski definition) is 1. The number of aliphatic hydroxyl groups excluding tert-OH is 1. The van der Waals surface area contributed by atoms with Crippen molar-refractivity contribution in [3.05, 3.63) is 35.7 Å². The van der Waals surface area contributed by atoms with Gasteiger partial charge in [-0.15, -0.1) is 0 Å². The van der Waals surface area contributed by atoms with Crippen LogP contribution in [0.15, 0.2) is 24.3 Å². The van der Waals surface area contributed by atoms with E-state index < -0.39 is 0 Å². The summed E-state index contributed by atoms with van der Waals surface area (Å²) in [7, 11) is 0. The summed E-state index contributed by atoms with van der Waals surface area (Å²) in [6.07, 6.45) is 6.65. The highest BCUT2D eigenvalue weighted by Crippen LogP contribution is 2.30. The van der Waals surface area contributed by atoms with Gasteiger partial charge in [-0.25, -0.2) is 4.39 Å². The Hall–Kier alpha value is -1.35. The smallest absolute Gasteiger partial charge is 0.126 e. The summed E-state index contributed by atoms with van der Waals surface area (Å²) in [5.74, 6) is 1.12. The normalized spacial score (nSPS) is 15.4. The first-order valence-electron chi connectivity index (χ1n) is 5.99. The predicted molar refractivity (Wildman–Crippen MR) is 65.4 cm³/mol. The molecular formula is C14H17FO2. The highest BCUT2D eigenvalue weighted by atomic mass is 19.1. The lowest BCUT2D eigenvalue weighted by atomic mass is 10.1. The number of halogens is 1. The number of ether oxygens (including phenoxy) is 1. The second kappa shape index (κ2) is 5.82. The van der Waals surface area contributed by atoms with E-state index in [9.17, 15) is 4.39 Å². The van der Waals surface area contributed by atoms with Crippen molar-refractivity contribution < 1.29 is 14.2 Å². The molecule has 0 bridgehead atoms. The summed E-state index contributed by atoms with van der Waals surface area (Å²) in [6.45, 7) is 0.816. The van der Waals surface area contributed by atoms with E-state index in [0.717, 1.165) is 5.56 Å². The van der Waals surface area contributed by atoms with Crippen molar-refractivity contribution >= 4 is 6.08 Å². The van der Waals surface area contributed by atoms with Gasteiger partial charge in [0.15, 0.2) is 0 Å². The van der Waals surface area contributed by atoms with Crippen molar-refractivity contribution in [1.82, 2.24) is 0 Å². The van der Waals surface area contributed by atoms with Crippen molar-refractivity contribution in [2.45, 2.75) is 19.3 Å². The molecule has 2 nitrogen and oxygen atoms in total. The van der Waals surface area contributed by atoms with Crippen molar-refractivity contribution in [1.29, 1.82) is 0 Å². The third kappa shape index (κ3) is 3.86. The standard InChI is InChI=1S/C14H17FO2/c15-13-6-7-14(17-10-11-4-5-11)12(9-13)3-1-2-8-16/h1,3,6-7,9,11,16H,2,4-5,8,10H2. The van der Waals surface area contributed by atoms with Crippen molar-refractivity contribution in [3.63, 3.8) is 0 Å². The first-order valence-corrected chi connectivity index (χ1v) is 5.99. The average Bonchev–Trinajstić information content (AvgIpc) is 3.12. The van der Waals surface area contributed by atoms with Gasteiger partial charge in [0.1, 0.15) is 11.6 Å². The third-order valence-corrected chi connectivity index (χ3v) is 2.74. The van der Waals surface area contributed by atoms with Crippen LogP contribution in [0.4, 0.5) is 4.39 Å². The SMILES string of the molecule is OCCC=Cc1cc(F)ccc1OCC1CC1. The zero-order valence-electron chi connectivity index (χ0n) is 9.73. The van der Waals surface area contributed by atoms with E-state index in [-0.39, 0.29) is 12.4 Å². The molecule has 3 heteroatoms. The van der Waals surface area contributed by atoms with Gasteiger partial charge in [-0.1, -0.05) is 12.2 Å². The maximum Gasteiger partial charge on any atom is 0.126 e. The fraction of sp³-hybridized carbons (Fsp3) is 0.429. The van der Waals surface area contributed by atoms with E-state index in [1.807, 2.05) is 6.08 Å². The van der Waals surface area contributed by atoms with Crippen LogP contribution < -0.4 is 4.74 Å². The Labute approximate surface area is 101 Å². The fourth-order valence-corrected chi connectivity index (χ4v) is 1.56. The van der Waals surface area contributed by atoms with E-state index in [0.29, 0.717) is 24.7 Å². The van der Waals surface area contributed by atoms with Gasteiger partial charge in [0, 0.05) is 12.2 Å². The minimum atomic E-state index is -0.271. The molecule has 0 amide bonds. The molecule has 0 unspecified atom stereocenters. The van der Waals surface area contributed by atoms with Crippen LogP contribution in [0.5, 0.6) is 5.75 Å². The maximum absolute atomic E-state index is 13.1. The highest BCUT2D eigenvalue weighted by Gasteiger charge is 2.22. The summed E-state index contributed by atoms with van der Waals surface area (Å²) in [5.41, 5.74) is 0.735. The zero-order chi connectivity index (χ0) is 12.1. The molecule has 0 radical (unpaired) electrons. The minimum absolute atomic E-state index is 0.101. The molecule has 0 heterocycles. The number of aliphatic hydroxyl groups is 1. The van der Waals surface area contributed by atoms with Gasteiger partial charge < -0.3 is 9.84 Å². The molecule has 1 aliphatic carbocycles. The van der Waals surface area contributed by atoms with E-state index in [2.05, 4.69) is 0 Å². The first kappa shape index (κ1) is 12.1. The van der Waals surface area contributed by atoms with Gasteiger partial charge in [-0.2, -0.15) is 0 Å². The molecule has 1 fully saturated rings. The molecular weight excluding hydrogens is 219 g/mol. The monoisotopic (exact) mass is 236 g/mol. The van der Waals surface area contributed by atoms with Gasteiger partial charge in [-0.05, 0) is 43.4 Å². The largest absolute Gasteiger partial charge is 0.493 e. The highest BCUT2D eigenvalue weighted by molar-refractivity contribution is 5.57. The summed E-state index contributed by atoms with van der Waals surface area (Å²) in [4.78, 5) is 0. The van der Waals surface area contributed by atoms with Crippen LogP contribution in [-0.4, -0.2) is 18.3 Å². The lowest BCUT2D eigenvalue weighted by Gasteiger charge is -2.08. The summed E-state index contributed by atoms with van der Waals surface area (Å²) in [6, 6.07) is 4.53. The van der Waals surface area contributed by atoms with E-state index in [1.165, 1.54) is 25.0 Å². The molecule has 0 atom stereocenters. The molecule has 0 aromatic heterocycles. The molecule has 0 saturated heterocycles. The summed E-state index contributed by atoms with van der Waals surface area (Å²) in [5, 5.41) is 8.70. The van der Waals surface area contributed by atoms with Gasteiger partial charge in [0.05, 0.1) is 6.61 Å². The second-order valence-electron chi connectivity index (χ2n) is 4.35. The van der Waals surface area contributed by atoms with E-state index in [1.54, 1.807) is 12.1 Å². The summed E-state index contributed by atoms with van der Waals surface area (Å²) >= 11 is 0. The Morgan fingerprint density at radius 2 is 2.24 bits per heavy atom. The summed E-state index contributed by atoms with van der Waals surface area (Å²) < 4.78 is 18.8. The number of benzene rings is 1. The molecule has 1 aromatic carbocycles. The van der Waals surface area contributed by atoms with Crippen molar-refractivity contribution in [2.24, 2.45) is 5.92 Å². The van der Waals surface area contributed by atoms with Crippen LogP contribution in [0.3, 0.4) is 0 Å². The maximum atomic E-state index is 13.1. The van der Waals surface area contributed by atoms with Crippen LogP contribution in [0.2, 0.25) is 0 Å². The van der Waals surface area contributed by atoms with Crippen molar-refractivity contribution in [3.8, 4) is 5.75 Å². The Bertz CT molecular complexity index is 397. The van der Waals surface area contributed by atoms with Gasteiger partial charge in [0.25, 0.3) is 0 Å². The first-order chi connectivity index (χ1) is 8.29. The molecule has 1 aromatic rings. The van der Waals surface area contributed by atoms with Crippen LogP contribution in [0.25, 0.3) is 6.08 Å². The fourth-order valence-electron chi connectivity index (χ4n) is 1.56. The molecule has 17 heavy (non-hydrogen) atoms.